The van der Waals surface area contributed by atoms with Gasteiger partial charge in [-0.1, -0.05) is 24.3 Å². The van der Waals surface area contributed by atoms with Crippen LogP contribution in [0.5, 0.6) is 11.5 Å². The fourth-order valence-corrected chi connectivity index (χ4v) is 5.18. The maximum atomic E-state index is 13.7. The molecule has 2 aliphatic heterocycles. The summed E-state index contributed by atoms with van der Waals surface area (Å²) in [6.45, 7) is 3.95. The number of imide groups is 1. The van der Waals surface area contributed by atoms with Crippen LogP contribution in [0.2, 0.25) is 0 Å². The molecule has 0 N–H and O–H groups in total. The van der Waals surface area contributed by atoms with Crippen LogP contribution < -0.4 is 9.47 Å². The van der Waals surface area contributed by atoms with Crippen molar-refractivity contribution in [3.8, 4) is 11.5 Å². The molecule has 2 heterocycles. The van der Waals surface area contributed by atoms with Crippen LogP contribution in [0.4, 0.5) is 4.79 Å². The fraction of sp³-hybridized carbons (Fsp3) is 0.500. The van der Waals surface area contributed by atoms with Crippen LogP contribution in [0, 0.1) is 0 Å². The van der Waals surface area contributed by atoms with Crippen molar-refractivity contribution in [2.45, 2.75) is 31.3 Å². The molecule has 0 unspecified atom stereocenters. The Morgan fingerprint density at radius 2 is 1.39 bits per heavy atom. The first-order valence-corrected chi connectivity index (χ1v) is 12.6. The van der Waals surface area contributed by atoms with Crippen molar-refractivity contribution in [1.29, 1.82) is 0 Å². The summed E-state index contributed by atoms with van der Waals surface area (Å²) in [5, 5.41) is 0. The number of urea groups is 1. The van der Waals surface area contributed by atoms with E-state index in [2.05, 4.69) is 17.0 Å². The zero-order valence-corrected chi connectivity index (χ0v) is 21.9. The molecule has 0 saturated carbocycles. The molecule has 8 nitrogen and oxygen atoms in total. The van der Waals surface area contributed by atoms with E-state index in [1.807, 2.05) is 60.3 Å². The van der Waals surface area contributed by atoms with E-state index in [9.17, 15) is 9.59 Å². The number of rotatable bonds is 10. The normalized spacial score (nSPS) is 17.9. The summed E-state index contributed by atoms with van der Waals surface area (Å²) in [5.41, 5.74) is 1.58. The van der Waals surface area contributed by atoms with Gasteiger partial charge >= 0.3 is 6.03 Å². The standard InChI is InChI=1S/C28H38N4O4/c1-29(2)19-20-31-26(33)28(32(27(31)34)16-13-22-5-9-24(35-3)10-6-22)14-17-30(18-15-28)21-23-7-11-25(36-4)12-8-23/h5-12H,13-21H2,1-4H3. The van der Waals surface area contributed by atoms with Crippen LogP contribution in [-0.4, -0.2) is 98.1 Å². The molecule has 3 amide bonds. The van der Waals surface area contributed by atoms with Crippen molar-refractivity contribution >= 4 is 11.9 Å². The lowest BCUT2D eigenvalue weighted by Gasteiger charge is -2.42. The summed E-state index contributed by atoms with van der Waals surface area (Å²) in [6, 6.07) is 15.9. The minimum atomic E-state index is -0.758. The highest BCUT2D eigenvalue weighted by Gasteiger charge is 2.57. The number of benzene rings is 2. The molecule has 194 valence electrons. The minimum absolute atomic E-state index is 0.0341. The number of likely N-dealkylation sites (tertiary alicyclic amines) is 1. The molecule has 8 heteroatoms. The van der Waals surface area contributed by atoms with Crippen LogP contribution in [0.3, 0.4) is 0 Å². The lowest BCUT2D eigenvalue weighted by atomic mass is 9.85. The van der Waals surface area contributed by atoms with Crippen molar-refractivity contribution in [2.24, 2.45) is 0 Å². The number of piperidine rings is 1. The molecule has 0 aliphatic carbocycles. The number of hydrogen-bond donors (Lipinski definition) is 0. The number of carbonyl (C=O) groups is 2. The van der Waals surface area contributed by atoms with Gasteiger partial charge in [-0.2, -0.15) is 0 Å². The molecule has 2 aliphatic rings. The molecule has 0 aromatic heterocycles. The fourth-order valence-electron chi connectivity index (χ4n) is 5.18. The smallest absolute Gasteiger partial charge is 0.327 e. The van der Waals surface area contributed by atoms with Crippen LogP contribution in [0.15, 0.2) is 48.5 Å². The number of methoxy groups -OCH3 is 2. The number of amides is 3. The van der Waals surface area contributed by atoms with E-state index < -0.39 is 5.54 Å². The summed E-state index contributed by atoms with van der Waals surface area (Å²) in [6.07, 6.45) is 1.99. The third-order valence-corrected chi connectivity index (χ3v) is 7.42. The molecule has 0 radical (unpaired) electrons. The molecular formula is C28H38N4O4. The molecule has 2 aromatic carbocycles. The van der Waals surface area contributed by atoms with Crippen LogP contribution >= 0.6 is 0 Å². The van der Waals surface area contributed by atoms with Gasteiger partial charge in [-0.15, -0.1) is 0 Å². The van der Waals surface area contributed by atoms with E-state index in [4.69, 9.17) is 9.47 Å². The maximum Gasteiger partial charge on any atom is 0.327 e. The van der Waals surface area contributed by atoms with Crippen molar-refractivity contribution in [3.63, 3.8) is 0 Å². The minimum Gasteiger partial charge on any atom is -0.497 e. The van der Waals surface area contributed by atoms with E-state index in [-0.39, 0.29) is 11.9 Å². The Kier molecular flexibility index (Phi) is 8.16. The van der Waals surface area contributed by atoms with Gasteiger partial charge in [0.15, 0.2) is 0 Å². The zero-order valence-electron chi connectivity index (χ0n) is 21.9. The number of hydrogen-bond acceptors (Lipinski definition) is 6. The average molecular weight is 495 g/mol. The molecular weight excluding hydrogens is 456 g/mol. The maximum absolute atomic E-state index is 13.7. The van der Waals surface area contributed by atoms with E-state index in [0.29, 0.717) is 38.9 Å². The summed E-state index contributed by atoms with van der Waals surface area (Å²) in [4.78, 5) is 35.0. The van der Waals surface area contributed by atoms with Gasteiger partial charge in [0.25, 0.3) is 5.91 Å². The largest absolute Gasteiger partial charge is 0.497 e. The lowest BCUT2D eigenvalue weighted by Crippen LogP contribution is -2.56. The number of nitrogens with zero attached hydrogens (tertiary/aromatic N) is 4. The first-order chi connectivity index (χ1) is 17.4. The Hall–Kier alpha value is -3.10. The monoisotopic (exact) mass is 494 g/mol. The first kappa shape index (κ1) is 26.0. The first-order valence-electron chi connectivity index (χ1n) is 12.6. The molecule has 1 spiro atoms. The van der Waals surface area contributed by atoms with Gasteiger partial charge in [-0.3, -0.25) is 14.6 Å². The Balaban J connectivity index is 1.47. The second-order valence-corrected chi connectivity index (χ2v) is 9.95. The van der Waals surface area contributed by atoms with Gasteiger partial charge in [0.05, 0.1) is 14.2 Å². The van der Waals surface area contributed by atoms with Crippen molar-refractivity contribution in [2.75, 3.05) is 61.0 Å². The number of carbonyl (C=O) groups excluding carboxylic acids is 2. The van der Waals surface area contributed by atoms with Crippen molar-refractivity contribution in [1.82, 2.24) is 19.6 Å². The van der Waals surface area contributed by atoms with Crippen LogP contribution in [0.25, 0.3) is 0 Å². The van der Waals surface area contributed by atoms with E-state index in [0.717, 1.165) is 36.7 Å². The highest BCUT2D eigenvalue weighted by Crippen LogP contribution is 2.38. The average Bonchev–Trinajstić information content (AvgIpc) is 3.08. The Morgan fingerprint density at radius 3 is 1.92 bits per heavy atom. The molecule has 36 heavy (non-hydrogen) atoms. The van der Waals surface area contributed by atoms with Crippen LogP contribution in [-0.2, 0) is 17.8 Å². The predicted molar refractivity (Wildman–Crippen MR) is 139 cm³/mol. The topological polar surface area (TPSA) is 65.6 Å². The lowest BCUT2D eigenvalue weighted by molar-refractivity contribution is -0.135. The van der Waals surface area contributed by atoms with Gasteiger partial charge in [0.1, 0.15) is 17.0 Å². The summed E-state index contributed by atoms with van der Waals surface area (Å²) in [5.74, 6) is 1.62. The molecule has 0 atom stereocenters. The van der Waals surface area contributed by atoms with Gasteiger partial charge in [-0.25, -0.2) is 4.79 Å². The number of ether oxygens (including phenoxy) is 2. The van der Waals surface area contributed by atoms with Gasteiger partial charge in [-0.05, 0) is 68.8 Å². The summed E-state index contributed by atoms with van der Waals surface area (Å²) < 4.78 is 10.5. The van der Waals surface area contributed by atoms with E-state index in [1.54, 1.807) is 14.2 Å². The van der Waals surface area contributed by atoms with Crippen molar-refractivity contribution in [3.05, 3.63) is 59.7 Å². The Bertz CT molecular complexity index is 1030. The highest BCUT2D eigenvalue weighted by atomic mass is 16.5. The van der Waals surface area contributed by atoms with E-state index >= 15 is 0 Å². The van der Waals surface area contributed by atoms with Crippen LogP contribution in [0.1, 0.15) is 24.0 Å². The zero-order chi connectivity index (χ0) is 25.7. The third-order valence-electron chi connectivity index (χ3n) is 7.42. The quantitative estimate of drug-likeness (QED) is 0.473. The second kappa shape index (κ2) is 11.3. The number of likely N-dealkylation sites (N-methyl/N-ethyl adjacent to an activating group) is 1. The Morgan fingerprint density at radius 1 is 0.833 bits per heavy atom. The molecule has 0 bridgehead atoms. The van der Waals surface area contributed by atoms with Gasteiger partial charge < -0.3 is 19.3 Å². The molecule has 2 fully saturated rings. The van der Waals surface area contributed by atoms with Gasteiger partial charge in [0.2, 0.25) is 0 Å². The van der Waals surface area contributed by atoms with Gasteiger partial charge in [0, 0.05) is 39.3 Å². The summed E-state index contributed by atoms with van der Waals surface area (Å²) in [7, 11) is 7.23. The highest BCUT2D eigenvalue weighted by molar-refractivity contribution is 6.07. The third kappa shape index (κ3) is 5.50. The summed E-state index contributed by atoms with van der Waals surface area (Å²) >= 11 is 0. The molecule has 2 saturated heterocycles. The predicted octanol–water partition coefficient (Wildman–Crippen LogP) is 3.11. The Labute approximate surface area is 214 Å². The van der Waals surface area contributed by atoms with E-state index in [1.165, 1.54) is 10.5 Å². The molecule has 4 rings (SSSR count). The second-order valence-electron chi connectivity index (χ2n) is 9.95. The van der Waals surface area contributed by atoms with Crippen molar-refractivity contribution < 1.29 is 19.1 Å². The molecule has 2 aromatic rings. The SMILES string of the molecule is COc1ccc(CCN2C(=O)N(CCN(C)C)C(=O)C23CCN(Cc2ccc(OC)cc2)CC3)cc1.